The van der Waals surface area contributed by atoms with E-state index >= 15 is 0 Å². The third-order valence-corrected chi connectivity index (χ3v) is 3.91. The van der Waals surface area contributed by atoms with E-state index in [1.165, 1.54) is 12.1 Å². The lowest BCUT2D eigenvalue weighted by atomic mass is 10.2. The molecule has 3 aromatic rings. The lowest BCUT2D eigenvalue weighted by Gasteiger charge is -2.09. The Morgan fingerprint density at radius 1 is 1.17 bits per heavy atom. The van der Waals surface area contributed by atoms with Crippen molar-refractivity contribution in [1.29, 1.82) is 0 Å². The van der Waals surface area contributed by atoms with E-state index < -0.39 is 0 Å². The Morgan fingerprint density at radius 2 is 2.00 bits per heavy atom. The summed E-state index contributed by atoms with van der Waals surface area (Å²) in [5.41, 5.74) is 8.12. The summed E-state index contributed by atoms with van der Waals surface area (Å²) in [6, 6.07) is 10.2. The molecule has 0 atom stereocenters. The summed E-state index contributed by atoms with van der Waals surface area (Å²) in [5, 5.41) is 0. The first kappa shape index (κ1) is 14.0. The monoisotopic (exact) mass is 313 g/mol. The lowest BCUT2D eigenvalue weighted by Crippen LogP contribution is -2.07. The molecule has 0 spiro atoms. The van der Waals surface area contributed by atoms with Crippen molar-refractivity contribution in [2.24, 2.45) is 5.73 Å². The van der Waals surface area contributed by atoms with Gasteiger partial charge in [0.15, 0.2) is 11.5 Å². The Labute approximate surface area is 132 Å². The highest BCUT2D eigenvalue weighted by Crippen LogP contribution is 2.37. The minimum absolute atomic E-state index is 0.224. The van der Waals surface area contributed by atoms with Crippen molar-refractivity contribution in [2.75, 3.05) is 13.3 Å². The van der Waals surface area contributed by atoms with E-state index in [2.05, 4.69) is 9.55 Å². The molecular weight excluding hydrogens is 297 g/mol. The van der Waals surface area contributed by atoms with Gasteiger partial charge in [-0.1, -0.05) is 12.1 Å². The summed E-state index contributed by atoms with van der Waals surface area (Å²) in [4.78, 5) is 4.67. The van der Waals surface area contributed by atoms with E-state index in [-0.39, 0.29) is 12.6 Å². The quantitative estimate of drug-likeness (QED) is 0.804. The van der Waals surface area contributed by atoms with Gasteiger partial charge in [-0.05, 0) is 25.1 Å². The number of hydrogen-bond donors (Lipinski definition) is 1. The van der Waals surface area contributed by atoms with Crippen LogP contribution in [-0.2, 0) is 6.54 Å². The number of nitrogens with zero attached hydrogens (tertiary/aromatic N) is 2. The SMILES string of the molecule is NCCCn1c(-c2cccc(F)c2)nc2cc3c(cc21)OCO3. The molecule has 4 rings (SSSR count). The molecule has 0 amide bonds. The molecule has 0 saturated heterocycles. The molecule has 2 aromatic carbocycles. The van der Waals surface area contributed by atoms with Gasteiger partial charge in [-0.2, -0.15) is 0 Å². The molecule has 0 bridgehead atoms. The number of fused-ring (bicyclic) bond motifs is 2. The molecule has 5 nitrogen and oxygen atoms in total. The molecule has 118 valence electrons. The van der Waals surface area contributed by atoms with Crippen LogP contribution in [0.15, 0.2) is 36.4 Å². The molecule has 1 aromatic heterocycles. The third-order valence-electron chi connectivity index (χ3n) is 3.91. The minimum atomic E-state index is -0.283. The fraction of sp³-hybridized carbons (Fsp3) is 0.235. The van der Waals surface area contributed by atoms with Crippen molar-refractivity contribution < 1.29 is 13.9 Å². The van der Waals surface area contributed by atoms with Crippen molar-refractivity contribution in [3.05, 3.63) is 42.2 Å². The van der Waals surface area contributed by atoms with Crippen LogP contribution >= 0.6 is 0 Å². The van der Waals surface area contributed by atoms with E-state index in [0.29, 0.717) is 24.6 Å². The summed E-state index contributed by atoms with van der Waals surface area (Å²) in [6.45, 7) is 1.51. The van der Waals surface area contributed by atoms with Gasteiger partial charge in [0.05, 0.1) is 11.0 Å². The average molecular weight is 313 g/mol. The second-order valence-corrected chi connectivity index (χ2v) is 5.43. The highest BCUT2D eigenvalue weighted by atomic mass is 19.1. The van der Waals surface area contributed by atoms with Gasteiger partial charge in [0.2, 0.25) is 6.79 Å². The van der Waals surface area contributed by atoms with Gasteiger partial charge in [0.1, 0.15) is 11.6 Å². The van der Waals surface area contributed by atoms with Crippen LogP contribution in [-0.4, -0.2) is 22.9 Å². The number of imidazole rings is 1. The Kier molecular flexibility index (Phi) is 3.38. The zero-order valence-electron chi connectivity index (χ0n) is 12.5. The topological polar surface area (TPSA) is 62.3 Å². The molecule has 6 heteroatoms. The summed E-state index contributed by atoms with van der Waals surface area (Å²) >= 11 is 0. The number of ether oxygens (including phenoxy) is 2. The second kappa shape index (κ2) is 5.55. The highest BCUT2D eigenvalue weighted by molar-refractivity contribution is 5.84. The standard InChI is InChI=1S/C17H16FN3O2/c18-12-4-1-3-11(7-12)17-20-13-8-15-16(23-10-22-15)9-14(13)21(17)6-2-5-19/h1,3-4,7-9H,2,5-6,10,19H2. The summed E-state index contributed by atoms with van der Waals surface area (Å²) in [7, 11) is 0. The van der Waals surface area contributed by atoms with Crippen molar-refractivity contribution in [3.63, 3.8) is 0 Å². The van der Waals surface area contributed by atoms with Crippen LogP contribution in [0.25, 0.3) is 22.4 Å². The average Bonchev–Trinajstić information content (AvgIpc) is 3.14. The molecule has 2 N–H and O–H groups in total. The van der Waals surface area contributed by atoms with Gasteiger partial charge in [0, 0.05) is 24.2 Å². The van der Waals surface area contributed by atoms with Crippen LogP contribution < -0.4 is 15.2 Å². The number of benzene rings is 2. The summed E-state index contributed by atoms with van der Waals surface area (Å²) in [5.74, 6) is 1.83. The predicted molar refractivity (Wildman–Crippen MR) is 84.9 cm³/mol. The lowest BCUT2D eigenvalue weighted by molar-refractivity contribution is 0.174. The third kappa shape index (κ3) is 2.41. The Morgan fingerprint density at radius 3 is 2.78 bits per heavy atom. The molecule has 1 aliphatic rings. The van der Waals surface area contributed by atoms with Gasteiger partial charge >= 0.3 is 0 Å². The highest BCUT2D eigenvalue weighted by Gasteiger charge is 2.19. The maximum atomic E-state index is 13.6. The zero-order chi connectivity index (χ0) is 15.8. The summed E-state index contributed by atoms with van der Waals surface area (Å²) in [6.07, 6.45) is 0.808. The largest absolute Gasteiger partial charge is 0.454 e. The number of aryl methyl sites for hydroxylation is 1. The van der Waals surface area contributed by atoms with Crippen LogP contribution in [0, 0.1) is 5.82 Å². The first-order valence-electron chi connectivity index (χ1n) is 7.52. The molecule has 1 aliphatic heterocycles. The molecule has 0 saturated carbocycles. The Balaban J connectivity index is 1.92. The molecular formula is C17H16FN3O2. The predicted octanol–water partition coefficient (Wildman–Crippen LogP) is 2.92. The van der Waals surface area contributed by atoms with Crippen molar-refractivity contribution in [2.45, 2.75) is 13.0 Å². The van der Waals surface area contributed by atoms with Gasteiger partial charge in [-0.3, -0.25) is 0 Å². The van der Waals surface area contributed by atoms with Crippen LogP contribution in [0.2, 0.25) is 0 Å². The number of hydrogen-bond acceptors (Lipinski definition) is 4. The second-order valence-electron chi connectivity index (χ2n) is 5.43. The first-order chi connectivity index (χ1) is 11.3. The molecule has 0 aliphatic carbocycles. The Hall–Kier alpha value is -2.60. The molecule has 0 radical (unpaired) electrons. The van der Waals surface area contributed by atoms with Gasteiger partial charge < -0.3 is 19.8 Å². The maximum Gasteiger partial charge on any atom is 0.231 e. The van der Waals surface area contributed by atoms with E-state index in [9.17, 15) is 4.39 Å². The van der Waals surface area contributed by atoms with Crippen molar-refractivity contribution in [3.8, 4) is 22.9 Å². The van der Waals surface area contributed by atoms with E-state index in [0.717, 1.165) is 28.8 Å². The van der Waals surface area contributed by atoms with E-state index in [1.807, 2.05) is 18.2 Å². The fourth-order valence-corrected chi connectivity index (χ4v) is 2.84. The molecule has 2 heterocycles. The van der Waals surface area contributed by atoms with Crippen molar-refractivity contribution in [1.82, 2.24) is 9.55 Å². The van der Waals surface area contributed by atoms with Crippen LogP contribution in [0.1, 0.15) is 6.42 Å². The minimum Gasteiger partial charge on any atom is -0.454 e. The van der Waals surface area contributed by atoms with E-state index in [1.54, 1.807) is 6.07 Å². The molecule has 23 heavy (non-hydrogen) atoms. The number of aromatic nitrogens is 2. The smallest absolute Gasteiger partial charge is 0.231 e. The Bertz CT molecular complexity index is 876. The molecule has 0 fully saturated rings. The molecule has 0 unspecified atom stereocenters. The van der Waals surface area contributed by atoms with Crippen LogP contribution in [0.5, 0.6) is 11.5 Å². The van der Waals surface area contributed by atoms with Gasteiger partial charge in [-0.25, -0.2) is 9.37 Å². The summed E-state index contributed by atoms with van der Waals surface area (Å²) < 4.78 is 26.5. The van der Waals surface area contributed by atoms with Crippen LogP contribution in [0.3, 0.4) is 0 Å². The first-order valence-corrected chi connectivity index (χ1v) is 7.52. The number of rotatable bonds is 4. The normalized spacial score (nSPS) is 13.0. The van der Waals surface area contributed by atoms with Gasteiger partial charge in [0.25, 0.3) is 0 Å². The van der Waals surface area contributed by atoms with E-state index in [4.69, 9.17) is 15.2 Å². The number of nitrogens with two attached hydrogens (primary N) is 1. The van der Waals surface area contributed by atoms with Crippen LogP contribution in [0.4, 0.5) is 4.39 Å². The number of halogens is 1. The van der Waals surface area contributed by atoms with Crippen molar-refractivity contribution >= 4 is 11.0 Å². The fourth-order valence-electron chi connectivity index (χ4n) is 2.84. The zero-order valence-corrected chi connectivity index (χ0v) is 12.5. The maximum absolute atomic E-state index is 13.6. The van der Waals surface area contributed by atoms with Gasteiger partial charge in [-0.15, -0.1) is 0 Å².